The monoisotopic (exact) mass is 287 g/mol. The van der Waals surface area contributed by atoms with Crippen molar-refractivity contribution in [2.24, 2.45) is 0 Å². The second-order valence-electron chi connectivity index (χ2n) is 4.73. The van der Waals surface area contributed by atoms with Crippen molar-refractivity contribution in [2.75, 3.05) is 6.54 Å². The van der Waals surface area contributed by atoms with Crippen LogP contribution in [0.3, 0.4) is 0 Å². The minimum Gasteiger partial charge on any atom is -0.314 e. The van der Waals surface area contributed by atoms with Crippen LogP contribution >= 0.6 is 23.2 Å². The molecule has 0 saturated carbocycles. The lowest BCUT2D eigenvalue weighted by atomic mass is 10.0. The van der Waals surface area contributed by atoms with Crippen LogP contribution in [-0.2, 0) is 6.42 Å². The van der Waals surface area contributed by atoms with Crippen molar-refractivity contribution in [3.8, 4) is 0 Å². The molecule has 0 heterocycles. The molecular formula is C15H23Cl2N. The van der Waals surface area contributed by atoms with E-state index in [-0.39, 0.29) is 0 Å². The topological polar surface area (TPSA) is 12.0 Å². The second kappa shape index (κ2) is 8.79. The summed E-state index contributed by atoms with van der Waals surface area (Å²) in [7, 11) is 0. The van der Waals surface area contributed by atoms with Crippen LogP contribution < -0.4 is 5.32 Å². The Balaban J connectivity index is 2.47. The van der Waals surface area contributed by atoms with Crippen molar-refractivity contribution < 1.29 is 0 Å². The largest absolute Gasteiger partial charge is 0.314 e. The van der Waals surface area contributed by atoms with Gasteiger partial charge in [0.25, 0.3) is 0 Å². The van der Waals surface area contributed by atoms with Crippen molar-refractivity contribution in [3.05, 3.63) is 33.8 Å². The normalized spacial score (nSPS) is 12.7. The van der Waals surface area contributed by atoms with Gasteiger partial charge in [0, 0.05) is 6.04 Å². The first-order valence-electron chi connectivity index (χ1n) is 6.84. The van der Waals surface area contributed by atoms with Crippen molar-refractivity contribution in [1.29, 1.82) is 0 Å². The van der Waals surface area contributed by atoms with Crippen LogP contribution in [0.25, 0.3) is 0 Å². The Morgan fingerprint density at radius 3 is 2.44 bits per heavy atom. The molecule has 1 unspecified atom stereocenters. The molecule has 0 aliphatic heterocycles. The van der Waals surface area contributed by atoms with Crippen LogP contribution in [-0.4, -0.2) is 12.6 Å². The van der Waals surface area contributed by atoms with Gasteiger partial charge in [0.05, 0.1) is 10.0 Å². The molecule has 1 aromatic carbocycles. The second-order valence-corrected chi connectivity index (χ2v) is 5.54. The van der Waals surface area contributed by atoms with Gasteiger partial charge in [0.1, 0.15) is 0 Å². The first-order valence-corrected chi connectivity index (χ1v) is 7.60. The van der Waals surface area contributed by atoms with Gasteiger partial charge < -0.3 is 5.32 Å². The van der Waals surface area contributed by atoms with E-state index in [1.54, 1.807) is 0 Å². The number of benzene rings is 1. The van der Waals surface area contributed by atoms with E-state index in [1.165, 1.54) is 24.8 Å². The first-order chi connectivity index (χ1) is 8.67. The average molecular weight is 288 g/mol. The van der Waals surface area contributed by atoms with Crippen LogP contribution in [0.1, 0.15) is 45.1 Å². The average Bonchev–Trinajstić information content (AvgIpc) is 2.37. The van der Waals surface area contributed by atoms with Gasteiger partial charge in [-0.1, -0.05) is 49.5 Å². The Labute approximate surface area is 121 Å². The van der Waals surface area contributed by atoms with Gasteiger partial charge in [-0.05, 0) is 49.9 Å². The molecule has 0 aliphatic carbocycles. The molecule has 0 fully saturated rings. The molecule has 18 heavy (non-hydrogen) atoms. The number of hydrogen-bond acceptors (Lipinski definition) is 1. The van der Waals surface area contributed by atoms with E-state index in [0.29, 0.717) is 16.1 Å². The van der Waals surface area contributed by atoms with E-state index in [9.17, 15) is 0 Å². The fourth-order valence-electron chi connectivity index (χ4n) is 2.08. The van der Waals surface area contributed by atoms with E-state index < -0.39 is 0 Å². The summed E-state index contributed by atoms with van der Waals surface area (Å²) in [6.45, 7) is 5.54. The Hall–Kier alpha value is -0.240. The number of hydrogen-bond donors (Lipinski definition) is 1. The van der Waals surface area contributed by atoms with Crippen LogP contribution in [0.5, 0.6) is 0 Å². The molecule has 0 aromatic heterocycles. The van der Waals surface area contributed by atoms with Gasteiger partial charge in [-0.3, -0.25) is 0 Å². The molecule has 1 N–H and O–H groups in total. The molecule has 1 aromatic rings. The van der Waals surface area contributed by atoms with E-state index in [1.807, 2.05) is 12.1 Å². The third-order valence-electron chi connectivity index (χ3n) is 3.09. The maximum atomic E-state index is 6.03. The van der Waals surface area contributed by atoms with Gasteiger partial charge in [0.2, 0.25) is 0 Å². The van der Waals surface area contributed by atoms with Crippen LogP contribution in [0.15, 0.2) is 18.2 Å². The lowest BCUT2D eigenvalue weighted by Gasteiger charge is -2.17. The molecule has 1 rings (SSSR count). The quantitative estimate of drug-likeness (QED) is 0.702. The third kappa shape index (κ3) is 5.60. The summed E-state index contributed by atoms with van der Waals surface area (Å²) in [6.07, 6.45) is 5.86. The fraction of sp³-hybridized carbons (Fsp3) is 0.600. The zero-order valence-electron chi connectivity index (χ0n) is 11.3. The first kappa shape index (κ1) is 15.8. The third-order valence-corrected chi connectivity index (χ3v) is 3.82. The Morgan fingerprint density at radius 2 is 1.83 bits per heavy atom. The summed E-state index contributed by atoms with van der Waals surface area (Å²) in [4.78, 5) is 0. The fourth-order valence-corrected chi connectivity index (χ4v) is 2.40. The number of nitrogens with one attached hydrogen (secondary N) is 1. The van der Waals surface area contributed by atoms with Crippen LogP contribution in [0, 0.1) is 0 Å². The summed E-state index contributed by atoms with van der Waals surface area (Å²) in [5.41, 5.74) is 1.27. The number of rotatable bonds is 8. The van der Waals surface area contributed by atoms with Gasteiger partial charge in [-0.25, -0.2) is 0 Å². The lowest BCUT2D eigenvalue weighted by molar-refractivity contribution is 0.449. The van der Waals surface area contributed by atoms with Crippen molar-refractivity contribution in [3.63, 3.8) is 0 Å². The molecule has 0 spiro atoms. The van der Waals surface area contributed by atoms with E-state index >= 15 is 0 Å². The Kier molecular flexibility index (Phi) is 7.73. The molecule has 0 aliphatic rings. The van der Waals surface area contributed by atoms with Crippen molar-refractivity contribution in [2.45, 2.75) is 52.0 Å². The molecular weight excluding hydrogens is 265 g/mol. The highest BCUT2D eigenvalue weighted by molar-refractivity contribution is 6.42. The predicted molar refractivity (Wildman–Crippen MR) is 81.8 cm³/mol. The minimum atomic E-state index is 0.615. The smallest absolute Gasteiger partial charge is 0.0595 e. The maximum absolute atomic E-state index is 6.03. The van der Waals surface area contributed by atoms with Gasteiger partial charge >= 0.3 is 0 Å². The zero-order chi connectivity index (χ0) is 13.4. The van der Waals surface area contributed by atoms with Gasteiger partial charge in [-0.15, -0.1) is 0 Å². The highest BCUT2D eigenvalue weighted by atomic mass is 35.5. The molecule has 102 valence electrons. The molecule has 1 atom stereocenters. The highest BCUT2D eigenvalue weighted by Gasteiger charge is 2.07. The zero-order valence-corrected chi connectivity index (χ0v) is 12.8. The Bertz CT molecular complexity index is 352. The van der Waals surface area contributed by atoms with Crippen molar-refractivity contribution >= 4 is 23.2 Å². The summed E-state index contributed by atoms with van der Waals surface area (Å²) in [5.74, 6) is 0. The molecule has 0 amide bonds. The minimum absolute atomic E-state index is 0.615. The molecule has 1 nitrogen and oxygen atoms in total. The van der Waals surface area contributed by atoms with E-state index in [0.717, 1.165) is 19.4 Å². The summed E-state index contributed by atoms with van der Waals surface area (Å²) < 4.78 is 0. The maximum Gasteiger partial charge on any atom is 0.0595 e. The standard InChI is InChI=1S/C15H23Cl2N/c1-3-5-13(18-10-4-2)8-6-12-7-9-14(16)15(17)11-12/h7,9,11,13,18H,3-6,8,10H2,1-2H3. The summed E-state index contributed by atoms with van der Waals surface area (Å²) in [5, 5.41) is 4.90. The molecule has 0 bridgehead atoms. The lowest BCUT2D eigenvalue weighted by Crippen LogP contribution is -2.30. The molecule has 0 saturated heterocycles. The predicted octanol–water partition coefficient (Wildman–Crippen LogP) is 5.09. The highest BCUT2D eigenvalue weighted by Crippen LogP contribution is 2.23. The van der Waals surface area contributed by atoms with E-state index in [4.69, 9.17) is 23.2 Å². The molecule has 0 radical (unpaired) electrons. The van der Waals surface area contributed by atoms with Crippen LogP contribution in [0.4, 0.5) is 0 Å². The van der Waals surface area contributed by atoms with Crippen molar-refractivity contribution in [1.82, 2.24) is 5.32 Å². The van der Waals surface area contributed by atoms with Gasteiger partial charge in [-0.2, -0.15) is 0 Å². The van der Waals surface area contributed by atoms with Gasteiger partial charge in [0.15, 0.2) is 0 Å². The van der Waals surface area contributed by atoms with E-state index in [2.05, 4.69) is 25.2 Å². The molecule has 3 heteroatoms. The SMILES string of the molecule is CCCNC(CCC)CCc1ccc(Cl)c(Cl)c1. The Morgan fingerprint density at radius 1 is 1.06 bits per heavy atom. The summed E-state index contributed by atoms with van der Waals surface area (Å²) in [6, 6.07) is 6.54. The number of halogens is 2. The number of aryl methyl sites for hydroxylation is 1. The van der Waals surface area contributed by atoms with Crippen LogP contribution in [0.2, 0.25) is 10.0 Å². The summed E-state index contributed by atoms with van der Waals surface area (Å²) >= 11 is 11.9.